The Morgan fingerprint density at radius 2 is 2.09 bits per heavy atom. The molecule has 3 nitrogen and oxygen atoms in total. The van der Waals surface area contributed by atoms with Crippen LogP contribution in [0.25, 0.3) is 0 Å². The van der Waals surface area contributed by atoms with Crippen LogP contribution in [0.1, 0.15) is 42.9 Å². The van der Waals surface area contributed by atoms with E-state index in [0.717, 1.165) is 26.1 Å². The molecule has 1 saturated heterocycles. The molecule has 2 aliphatic rings. The first-order valence-electron chi connectivity index (χ1n) is 8.08. The quantitative estimate of drug-likeness (QED) is 0.906. The zero-order chi connectivity index (χ0) is 15.0. The van der Waals surface area contributed by atoms with E-state index in [2.05, 4.69) is 43.1 Å². The van der Waals surface area contributed by atoms with Crippen molar-refractivity contribution in [2.75, 3.05) is 13.1 Å². The lowest BCUT2D eigenvalue weighted by molar-refractivity contribution is -0.136. The molecule has 1 atom stereocenters. The van der Waals surface area contributed by atoms with Gasteiger partial charge in [-0.3, -0.25) is 4.79 Å². The number of nitrogens with zero attached hydrogens (tertiary/aromatic N) is 1. The maximum atomic E-state index is 12.9. The Morgan fingerprint density at radius 3 is 2.64 bits per heavy atom. The topological polar surface area (TPSA) is 32.3 Å². The van der Waals surface area contributed by atoms with Crippen LogP contribution in [0.5, 0.6) is 0 Å². The minimum atomic E-state index is 0. The summed E-state index contributed by atoms with van der Waals surface area (Å²) >= 11 is 1.81. The fraction of sp³-hybridized carbons (Fsp3) is 0.706. The second-order valence-electron chi connectivity index (χ2n) is 6.94. The molecule has 0 aromatic carbocycles. The highest BCUT2D eigenvalue weighted by Gasteiger charge is 2.58. The first-order valence-corrected chi connectivity index (χ1v) is 8.90. The third-order valence-corrected chi connectivity index (χ3v) is 6.10. The molecule has 1 unspecified atom stereocenters. The highest BCUT2D eigenvalue weighted by molar-refractivity contribution is 7.11. The van der Waals surface area contributed by atoms with Gasteiger partial charge in [-0.1, -0.05) is 0 Å². The largest absolute Gasteiger partial charge is 0.335 e. The van der Waals surface area contributed by atoms with Crippen molar-refractivity contribution in [1.29, 1.82) is 0 Å². The van der Waals surface area contributed by atoms with Crippen LogP contribution >= 0.6 is 23.7 Å². The van der Waals surface area contributed by atoms with Gasteiger partial charge in [0.05, 0.1) is 6.54 Å². The van der Waals surface area contributed by atoms with Gasteiger partial charge in [-0.05, 0) is 70.7 Å². The van der Waals surface area contributed by atoms with E-state index >= 15 is 0 Å². The predicted molar refractivity (Wildman–Crippen MR) is 94.6 cm³/mol. The van der Waals surface area contributed by atoms with Crippen LogP contribution in [0.3, 0.4) is 0 Å². The van der Waals surface area contributed by atoms with Gasteiger partial charge >= 0.3 is 0 Å². The summed E-state index contributed by atoms with van der Waals surface area (Å²) in [6, 6.07) is 4.59. The van der Waals surface area contributed by atoms with Crippen molar-refractivity contribution in [3.63, 3.8) is 0 Å². The molecule has 3 rings (SSSR count). The fourth-order valence-electron chi connectivity index (χ4n) is 3.63. The van der Waals surface area contributed by atoms with Crippen molar-refractivity contribution < 1.29 is 4.79 Å². The van der Waals surface area contributed by atoms with Crippen molar-refractivity contribution in [2.24, 2.45) is 11.3 Å². The van der Waals surface area contributed by atoms with Crippen LogP contribution in [-0.4, -0.2) is 29.9 Å². The zero-order valence-corrected chi connectivity index (χ0v) is 15.4. The van der Waals surface area contributed by atoms with E-state index in [4.69, 9.17) is 0 Å². The van der Waals surface area contributed by atoms with Gasteiger partial charge in [0.2, 0.25) is 5.91 Å². The summed E-state index contributed by atoms with van der Waals surface area (Å²) in [6.07, 6.45) is 3.46. The third-order valence-electron chi connectivity index (χ3n) is 5.12. The molecular formula is C17H27ClN2OS. The Labute approximate surface area is 143 Å². The average Bonchev–Trinajstić information content (AvgIpc) is 2.97. The van der Waals surface area contributed by atoms with Crippen molar-refractivity contribution >= 4 is 29.7 Å². The number of piperidine rings is 1. The molecule has 1 spiro atoms. The van der Waals surface area contributed by atoms with Crippen LogP contribution in [0.4, 0.5) is 0 Å². The second-order valence-corrected chi connectivity index (χ2v) is 8.31. The molecule has 22 heavy (non-hydrogen) atoms. The number of amides is 1. The van der Waals surface area contributed by atoms with E-state index in [1.807, 2.05) is 0 Å². The molecule has 1 aliphatic carbocycles. The van der Waals surface area contributed by atoms with Crippen LogP contribution < -0.4 is 5.32 Å². The van der Waals surface area contributed by atoms with Gasteiger partial charge in [0.1, 0.15) is 0 Å². The molecule has 0 bridgehead atoms. The summed E-state index contributed by atoms with van der Waals surface area (Å²) in [7, 11) is 0. The van der Waals surface area contributed by atoms with E-state index in [9.17, 15) is 4.79 Å². The van der Waals surface area contributed by atoms with E-state index in [-0.39, 0.29) is 24.4 Å². The summed E-state index contributed by atoms with van der Waals surface area (Å²) in [5.74, 6) is 0.668. The lowest BCUT2D eigenvalue weighted by Crippen LogP contribution is -2.39. The Balaban J connectivity index is 0.00000176. The lowest BCUT2D eigenvalue weighted by Gasteiger charge is -2.29. The standard InChI is InChI=1S/C17H26N2OS.ClH/c1-12(2)19(11-14-5-4-13(3)21-14)16(20)15-10-17(15)6-8-18-9-7-17;/h4-5,12,15,18H,6-11H2,1-3H3;1H. The number of halogens is 1. The molecule has 0 radical (unpaired) electrons. The Kier molecular flexibility index (Phi) is 5.57. The van der Waals surface area contributed by atoms with Gasteiger partial charge < -0.3 is 10.2 Å². The van der Waals surface area contributed by atoms with Gasteiger partial charge in [0.25, 0.3) is 0 Å². The van der Waals surface area contributed by atoms with E-state index in [1.165, 1.54) is 22.6 Å². The minimum Gasteiger partial charge on any atom is -0.335 e. The maximum absolute atomic E-state index is 12.9. The SMILES string of the molecule is Cc1ccc(CN(C(=O)C2CC23CCNCC3)C(C)C)s1.Cl. The van der Waals surface area contributed by atoms with E-state index in [1.54, 1.807) is 11.3 Å². The summed E-state index contributed by atoms with van der Waals surface area (Å²) < 4.78 is 0. The highest BCUT2D eigenvalue weighted by Crippen LogP contribution is 2.59. The summed E-state index contributed by atoms with van der Waals surface area (Å²) in [5, 5.41) is 3.41. The van der Waals surface area contributed by atoms with Gasteiger partial charge in [0.15, 0.2) is 0 Å². The minimum absolute atomic E-state index is 0. The van der Waals surface area contributed by atoms with Gasteiger partial charge in [-0.15, -0.1) is 23.7 Å². The van der Waals surface area contributed by atoms with E-state index in [0.29, 0.717) is 11.3 Å². The Hall–Kier alpha value is -0.580. The third kappa shape index (κ3) is 3.50. The number of rotatable bonds is 4. The predicted octanol–water partition coefficient (Wildman–Crippen LogP) is 3.61. The van der Waals surface area contributed by atoms with Crippen molar-refractivity contribution in [3.05, 3.63) is 21.9 Å². The molecule has 1 aromatic rings. The van der Waals surface area contributed by atoms with E-state index < -0.39 is 0 Å². The molecule has 124 valence electrons. The van der Waals surface area contributed by atoms with Crippen LogP contribution in [0.15, 0.2) is 12.1 Å². The zero-order valence-electron chi connectivity index (χ0n) is 13.7. The summed E-state index contributed by atoms with van der Waals surface area (Å²) in [5.41, 5.74) is 0.334. The maximum Gasteiger partial charge on any atom is 0.226 e. The number of carbonyl (C=O) groups excluding carboxylic acids is 1. The van der Waals surface area contributed by atoms with Crippen LogP contribution in [0.2, 0.25) is 0 Å². The smallest absolute Gasteiger partial charge is 0.226 e. The van der Waals surface area contributed by atoms with Crippen LogP contribution in [-0.2, 0) is 11.3 Å². The molecular weight excluding hydrogens is 316 g/mol. The highest BCUT2D eigenvalue weighted by atomic mass is 35.5. The van der Waals surface area contributed by atoms with Crippen molar-refractivity contribution in [1.82, 2.24) is 10.2 Å². The molecule has 1 amide bonds. The molecule has 1 aromatic heterocycles. The second kappa shape index (κ2) is 6.90. The molecule has 1 N–H and O–H groups in total. The van der Waals surface area contributed by atoms with Crippen molar-refractivity contribution in [2.45, 2.75) is 52.6 Å². The fourth-order valence-corrected chi connectivity index (χ4v) is 4.52. The molecule has 2 heterocycles. The monoisotopic (exact) mass is 342 g/mol. The summed E-state index contributed by atoms with van der Waals surface area (Å²) in [6.45, 7) is 9.33. The number of nitrogens with one attached hydrogen (secondary N) is 1. The average molecular weight is 343 g/mol. The number of hydrogen-bond acceptors (Lipinski definition) is 3. The molecule has 1 saturated carbocycles. The van der Waals surface area contributed by atoms with Gasteiger partial charge in [-0.2, -0.15) is 0 Å². The number of thiophene rings is 1. The number of carbonyl (C=O) groups is 1. The summed E-state index contributed by atoms with van der Waals surface area (Å²) in [4.78, 5) is 17.7. The van der Waals surface area contributed by atoms with Gasteiger partial charge in [-0.25, -0.2) is 0 Å². The lowest BCUT2D eigenvalue weighted by atomic mass is 9.91. The Morgan fingerprint density at radius 1 is 1.41 bits per heavy atom. The number of hydrogen-bond donors (Lipinski definition) is 1. The first-order chi connectivity index (χ1) is 10.0. The number of aryl methyl sites for hydroxylation is 1. The Bertz CT molecular complexity index is 522. The van der Waals surface area contributed by atoms with Crippen molar-refractivity contribution in [3.8, 4) is 0 Å². The molecule has 5 heteroatoms. The van der Waals surface area contributed by atoms with Gasteiger partial charge in [0, 0.05) is 21.7 Å². The molecule has 1 aliphatic heterocycles. The molecule has 2 fully saturated rings. The van der Waals surface area contributed by atoms with Crippen LogP contribution in [0, 0.1) is 18.3 Å². The normalized spacial score (nSPS) is 22.5. The first kappa shape index (κ1) is 17.8.